The highest BCUT2D eigenvalue weighted by Crippen LogP contribution is 2.51. The number of aromatic amines is 1. The molecule has 1 aromatic carbocycles. The number of hydrogen-bond donors (Lipinski definition) is 1. The summed E-state index contributed by atoms with van der Waals surface area (Å²) in [5, 5.41) is 9.40. The van der Waals surface area contributed by atoms with Crippen LogP contribution in [0.5, 0.6) is 0 Å². The molecule has 3 aromatic rings. The van der Waals surface area contributed by atoms with Crippen LogP contribution in [0.15, 0.2) is 36.8 Å². The van der Waals surface area contributed by atoms with E-state index < -0.39 is 40.9 Å². The van der Waals surface area contributed by atoms with Crippen LogP contribution in [0.3, 0.4) is 0 Å². The first kappa shape index (κ1) is 20.3. The number of rotatable bonds is 3. The van der Waals surface area contributed by atoms with Gasteiger partial charge < -0.3 is 4.74 Å². The Balaban J connectivity index is 1.90. The third-order valence-corrected chi connectivity index (χ3v) is 7.04. The molecular formula is C24H22F2N4O2+2. The van der Waals surface area contributed by atoms with E-state index in [9.17, 15) is 14.4 Å². The maximum absolute atomic E-state index is 15.7. The van der Waals surface area contributed by atoms with Gasteiger partial charge in [-0.1, -0.05) is 13.8 Å². The third kappa shape index (κ3) is 2.45. The molecule has 0 bridgehead atoms. The van der Waals surface area contributed by atoms with Gasteiger partial charge in [-0.3, -0.25) is 0 Å². The number of imidazole rings is 1. The van der Waals surface area contributed by atoms with Gasteiger partial charge in [0.2, 0.25) is 5.69 Å². The van der Waals surface area contributed by atoms with Crippen molar-refractivity contribution in [3.8, 4) is 17.3 Å². The number of nitrogens with zero attached hydrogens (tertiary/aromatic N) is 3. The maximum Gasteiger partial charge on any atom is 0.425 e. The summed E-state index contributed by atoms with van der Waals surface area (Å²) >= 11 is 0. The fraction of sp³-hybridized carbons (Fsp3) is 0.333. The summed E-state index contributed by atoms with van der Waals surface area (Å²) in [6.45, 7) is 5.95. The van der Waals surface area contributed by atoms with Crippen molar-refractivity contribution in [1.82, 2.24) is 4.98 Å². The minimum absolute atomic E-state index is 0.176. The Morgan fingerprint density at radius 2 is 2.00 bits per heavy atom. The van der Waals surface area contributed by atoms with Crippen molar-refractivity contribution in [3.05, 3.63) is 70.9 Å². The zero-order valence-electron chi connectivity index (χ0n) is 17.9. The van der Waals surface area contributed by atoms with Crippen LogP contribution in [0.2, 0.25) is 0 Å². The van der Waals surface area contributed by atoms with Gasteiger partial charge in [-0.15, -0.1) is 0 Å². The van der Waals surface area contributed by atoms with Crippen molar-refractivity contribution in [2.24, 2.45) is 0 Å². The highest BCUT2D eigenvalue weighted by atomic mass is 19.1. The minimum Gasteiger partial charge on any atom is -0.412 e. The van der Waals surface area contributed by atoms with E-state index in [-0.39, 0.29) is 11.4 Å². The van der Waals surface area contributed by atoms with Gasteiger partial charge in [0.1, 0.15) is 35.8 Å². The summed E-state index contributed by atoms with van der Waals surface area (Å²) in [4.78, 5) is 15.4. The van der Waals surface area contributed by atoms with Crippen molar-refractivity contribution >= 4 is 5.97 Å². The first-order chi connectivity index (χ1) is 15.4. The number of hydrogen-bond acceptors (Lipinski definition) is 3. The molecule has 5 rings (SSSR count). The van der Waals surface area contributed by atoms with Crippen molar-refractivity contribution in [3.63, 3.8) is 0 Å². The molecule has 32 heavy (non-hydrogen) atoms. The largest absolute Gasteiger partial charge is 0.425 e. The molecule has 0 spiro atoms. The number of nitrogens with one attached hydrogen (secondary N) is 1. The van der Waals surface area contributed by atoms with E-state index in [0.29, 0.717) is 24.1 Å². The number of benzene rings is 1. The molecule has 2 unspecified atom stereocenters. The quantitative estimate of drug-likeness (QED) is 0.503. The lowest BCUT2D eigenvalue weighted by Gasteiger charge is -2.40. The first-order valence-electron chi connectivity index (χ1n) is 10.6. The second kappa shape index (κ2) is 6.95. The smallest absolute Gasteiger partial charge is 0.412 e. The predicted molar refractivity (Wildman–Crippen MR) is 108 cm³/mol. The average molecular weight is 436 g/mol. The van der Waals surface area contributed by atoms with Gasteiger partial charge in [0.25, 0.3) is 6.23 Å². The Morgan fingerprint density at radius 1 is 1.25 bits per heavy atom. The number of aryl methyl sites for hydroxylation is 1. The van der Waals surface area contributed by atoms with Gasteiger partial charge in [0, 0.05) is 25.0 Å². The van der Waals surface area contributed by atoms with Gasteiger partial charge in [-0.05, 0) is 24.1 Å². The monoisotopic (exact) mass is 436 g/mol. The Morgan fingerprint density at radius 3 is 2.69 bits per heavy atom. The highest BCUT2D eigenvalue weighted by Gasteiger charge is 2.61. The molecule has 0 amide bonds. The molecule has 162 valence electrons. The van der Waals surface area contributed by atoms with Crippen LogP contribution in [0.25, 0.3) is 11.3 Å². The number of carbonyl (C=O) groups is 1. The lowest BCUT2D eigenvalue weighted by molar-refractivity contribution is -0.796. The van der Waals surface area contributed by atoms with Gasteiger partial charge in [-0.2, -0.15) is 14.4 Å². The molecule has 8 heteroatoms. The van der Waals surface area contributed by atoms with Crippen molar-refractivity contribution in [1.29, 1.82) is 5.26 Å². The number of pyridine rings is 1. The first-order valence-corrected chi connectivity index (χ1v) is 10.6. The van der Waals surface area contributed by atoms with E-state index in [1.165, 1.54) is 6.07 Å². The summed E-state index contributed by atoms with van der Waals surface area (Å²) in [6.07, 6.45) is 5.71. The SMILES string of the molecule is CCC1(CC)C(C2OC(=O)c3[nH]cc[n+]32)c2cc(F)c(C#N)c(F)c2-c2cc(C)cc[n+]21. The summed E-state index contributed by atoms with van der Waals surface area (Å²) in [7, 11) is 0. The Hall–Kier alpha value is -3.60. The van der Waals surface area contributed by atoms with Crippen LogP contribution in [0, 0.1) is 29.9 Å². The molecule has 4 heterocycles. The minimum atomic E-state index is -0.917. The van der Waals surface area contributed by atoms with Gasteiger partial charge in [-0.25, -0.2) is 18.6 Å². The number of fused-ring (bicyclic) bond motifs is 4. The molecule has 2 aliphatic heterocycles. The lowest BCUT2D eigenvalue weighted by atomic mass is 9.69. The number of esters is 1. The molecule has 2 atom stereocenters. The topological polar surface area (TPSA) is 73.6 Å². The van der Waals surface area contributed by atoms with Gasteiger partial charge >= 0.3 is 11.8 Å². The summed E-state index contributed by atoms with van der Waals surface area (Å²) in [5.74, 6) is -2.63. The molecular weight excluding hydrogens is 414 g/mol. The van der Waals surface area contributed by atoms with E-state index in [1.807, 2.05) is 43.7 Å². The van der Waals surface area contributed by atoms with E-state index in [4.69, 9.17) is 4.74 Å². The van der Waals surface area contributed by atoms with Gasteiger partial charge in [0.15, 0.2) is 17.6 Å². The molecule has 2 aromatic heterocycles. The summed E-state index contributed by atoms with van der Waals surface area (Å²) in [5.41, 5.74) is 0.827. The van der Waals surface area contributed by atoms with E-state index in [0.717, 1.165) is 5.56 Å². The molecule has 0 aliphatic carbocycles. The maximum atomic E-state index is 15.7. The number of carbonyl (C=O) groups excluding carboxylic acids is 1. The number of cyclic esters (lactones) is 1. The molecule has 0 radical (unpaired) electrons. The Labute approximate surface area is 183 Å². The second-order valence-corrected chi connectivity index (χ2v) is 8.38. The fourth-order valence-corrected chi connectivity index (χ4v) is 5.49. The van der Waals surface area contributed by atoms with Crippen LogP contribution in [0.4, 0.5) is 8.78 Å². The van der Waals surface area contributed by atoms with Crippen molar-refractivity contribution in [2.75, 3.05) is 0 Å². The normalized spacial score (nSPS) is 20.2. The number of ether oxygens (including phenoxy) is 1. The highest BCUT2D eigenvalue weighted by molar-refractivity contribution is 5.84. The van der Waals surface area contributed by atoms with Crippen LogP contribution in [-0.2, 0) is 10.3 Å². The molecule has 0 saturated heterocycles. The van der Waals surface area contributed by atoms with Crippen LogP contribution < -0.4 is 9.13 Å². The lowest BCUT2D eigenvalue weighted by Crippen LogP contribution is -2.65. The number of aromatic nitrogens is 3. The molecule has 1 N–H and O–H groups in total. The molecule has 0 saturated carbocycles. The zero-order chi connectivity index (χ0) is 22.8. The van der Waals surface area contributed by atoms with E-state index in [1.54, 1.807) is 23.0 Å². The van der Waals surface area contributed by atoms with E-state index >= 15 is 4.39 Å². The Bertz CT molecular complexity index is 1320. The summed E-state index contributed by atoms with van der Waals surface area (Å²) in [6, 6.07) is 6.69. The van der Waals surface area contributed by atoms with Crippen molar-refractivity contribution < 1.29 is 27.4 Å². The fourth-order valence-electron chi connectivity index (χ4n) is 5.49. The second-order valence-electron chi connectivity index (χ2n) is 8.38. The van der Waals surface area contributed by atoms with Crippen LogP contribution in [0.1, 0.15) is 66.1 Å². The number of halogens is 2. The molecule has 6 nitrogen and oxygen atoms in total. The average Bonchev–Trinajstić information content (AvgIpc) is 3.37. The van der Waals surface area contributed by atoms with Gasteiger partial charge in [0.05, 0.1) is 5.56 Å². The number of nitriles is 1. The van der Waals surface area contributed by atoms with Crippen LogP contribution in [-0.4, -0.2) is 11.0 Å². The van der Waals surface area contributed by atoms with Crippen molar-refractivity contribution in [2.45, 2.75) is 51.3 Å². The van der Waals surface area contributed by atoms with E-state index in [2.05, 4.69) is 4.98 Å². The van der Waals surface area contributed by atoms with Crippen LogP contribution >= 0.6 is 0 Å². The predicted octanol–water partition coefficient (Wildman–Crippen LogP) is 3.70. The molecule has 2 aliphatic rings. The zero-order valence-corrected chi connectivity index (χ0v) is 17.9. The number of H-pyrrole nitrogens is 1. The Kier molecular flexibility index (Phi) is 4.41. The summed E-state index contributed by atoms with van der Waals surface area (Å²) < 4.78 is 40.1. The third-order valence-electron chi connectivity index (χ3n) is 7.04. The standard InChI is InChI=1S/C24H21F2N4O2/c1-4-24(5-2)19(22-29-9-7-28-21(29)23(31)32-22)14-11-16(25)15(12-27)20(26)18(14)17-10-13(3)6-8-30(17)24/h6-11,19,22H,4-5H2,1-3H3/q+1/p+1. The molecule has 0 fully saturated rings.